The summed E-state index contributed by atoms with van der Waals surface area (Å²) in [5.41, 5.74) is 0. The smallest absolute Gasteiger partial charge is 0.0445 e. The maximum atomic E-state index is 3.93. The summed E-state index contributed by atoms with van der Waals surface area (Å²) in [6.45, 7) is 8.66. The van der Waals surface area contributed by atoms with Crippen LogP contribution in [-0.2, 0) is 0 Å². The first-order chi connectivity index (χ1) is 19.8. The third-order valence-corrected chi connectivity index (χ3v) is 9.64. The molecular formula is C40H81. The van der Waals surface area contributed by atoms with E-state index in [4.69, 9.17) is 0 Å². The lowest BCUT2D eigenvalue weighted by molar-refractivity contribution is 0.468. The summed E-state index contributed by atoms with van der Waals surface area (Å²) in [7, 11) is 0. The highest BCUT2D eigenvalue weighted by molar-refractivity contribution is 4.54. The molecule has 40 heavy (non-hydrogen) atoms. The van der Waals surface area contributed by atoms with Gasteiger partial charge in [0.2, 0.25) is 0 Å². The van der Waals surface area contributed by atoms with E-state index in [0.29, 0.717) is 0 Å². The van der Waals surface area contributed by atoms with Gasteiger partial charge in [-0.2, -0.15) is 0 Å². The molecule has 0 amide bonds. The van der Waals surface area contributed by atoms with Crippen molar-refractivity contribution in [1.82, 2.24) is 0 Å². The largest absolute Gasteiger partial charge is 0.0651 e. The first kappa shape index (κ1) is 40.0. The zero-order valence-electron chi connectivity index (χ0n) is 28.7. The van der Waals surface area contributed by atoms with Crippen molar-refractivity contribution >= 4 is 0 Å². The Labute approximate surface area is 257 Å². The third kappa shape index (κ3) is 36.0. The van der Waals surface area contributed by atoms with E-state index in [2.05, 4.69) is 20.8 Å². The van der Waals surface area contributed by atoms with Crippen molar-refractivity contribution in [3.05, 3.63) is 6.92 Å². The Bertz CT molecular complexity index is 412. The van der Waals surface area contributed by atoms with Gasteiger partial charge in [-0.25, -0.2) is 0 Å². The highest BCUT2D eigenvalue weighted by Crippen LogP contribution is 2.18. The predicted molar refractivity (Wildman–Crippen MR) is 186 cm³/mol. The van der Waals surface area contributed by atoms with Gasteiger partial charge >= 0.3 is 0 Å². The first-order valence-electron chi connectivity index (χ1n) is 19.6. The van der Waals surface area contributed by atoms with Crippen molar-refractivity contribution in [2.75, 3.05) is 0 Å². The summed E-state index contributed by atoms with van der Waals surface area (Å²) in [4.78, 5) is 0. The van der Waals surface area contributed by atoms with Crippen LogP contribution in [-0.4, -0.2) is 0 Å². The zero-order valence-corrected chi connectivity index (χ0v) is 28.7. The summed E-state index contributed by atoms with van der Waals surface area (Å²) in [5.74, 6) is 0.947. The van der Waals surface area contributed by atoms with Gasteiger partial charge in [0.15, 0.2) is 0 Å². The monoisotopic (exact) mass is 562 g/mol. The van der Waals surface area contributed by atoms with Gasteiger partial charge < -0.3 is 0 Å². The van der Waals surface area contributed by atoms with Crippen molar-refractivity contribution in [1.29, 1.82) is 0 Å². The second-order valence-corrected chi connectivity index (χ2v) is 13.8. The number of unbranched alkanes of at least 4 members (excludes halogenated alkanes) is 33. The Kier molecular flexibility index (Phi) is 37.0. The molecule has 1 atom stereocenters. The fourth-order valence-corrected chi connectivity index (χ4v) is 6.35. The van der Waals surface area contributed by atoms with Gasteiger partial charge in [0.1, 0.15) is 0 Å². The molecule has 1 unspecified atom stereocenters. The van der Waals surface area contributed by atoms with Crippen LogP contribution >= 0.6 is 0 Å². The lowest BCUT2D eigenvalue weighted by Crippen LogP contribution is -1.91. The molecule has 0 nitrogen and oxygen atoms in total. The van der Waals surface area contributed by atoms with Crippen LogP contribution in [0.15, 0.2) is 0 Å². The van der Waals surface area contributed by atoms with E-state index in [9.17, 15) is 0 Å². The van der Waals surface area contributed by atoms with E-state index < -0.39 is 0 Å². The zero-order chi connectivity index (χ0) is 29.0. The molecule has 0 saturated heterocycles. The van der Waals surface area contributed by atoms with Gasteiger partial charge in [0, 0.05) is 0 Å². The fourth-order valence-electron chi connectivity index (χ4n) is 6.35. The molecule has 0 rings (SSSR count). The number of hydrogen-bond donors (Lipinski definition) is 0. The third-order valence-electron chi connectivity index (χ3n) is 9.64. The Hall–Kier alpha value is 0. The lowest BCUT2D eigenvalue weighted by Gasteiger charge is -2.07. The molecule has 241 valence electrons. The van der Waals surface area contributed by atoms with E-state index in [0.717, 1.165) is 12.3 Å². The second kappa shape index (κ2) is 37.0. The van der Waals surface area contributed by atoms with E-state index >= 15 is 0 Å². The minimum atomic E-state index is 0.947. The van der Waals surface area contributed by atoms with Crippen LogP contribution < -0.4 is 0 Å². The highest BCUT2D eigenvalue weighted by Gasteiger charge is 1.99. The lowest BCUT2D eigenvalue weighted by atomic mass is 9.99. The maximum absolute atomic E-state index is 3.93. The van der Waals surface area contributed by atoms with Crippen molar-refractivity contribution in [2.45, 2.75) is 245 Å². The summed E-state index contributed by atoms with van der Waals surface area (Å²) in [6, 6.07) is 0. The summed E-state index contributed by atoms with van der Waals surface area (Å²) >= 11 is 0. The highest BCUT2D eigenvalue weighted by atomic mass is 14.1. The maximum Gasteiger partial charge on any atom is -0.0445 e. The Balaban J connectivity index is 3.03. The summed E-state index contributed by atoms with van der Waals surface area (Å²) in [5, 5.41) is 0. The van der Waals surface area contributed by atoms with Gasteiger partial charge in [-0.05, 0) is 5.92 Å². The standard InChI is InChI=1S/C40H81/c1-4-6-7-8-9-10-11-12-13-14-15-16-17-18-19-20-21-22-23-24-25-26-27-28-29-30-31-32-33-34-35-36-37-38-39-40(3)5-2/h40H,1,4-39H2,2-3H3. The van der Waals surface area contributed by atoms with Crippen molar-refractivity contribution in [3.8, 4) is 0 Å². The Morgan fingerprint density at radius 2 is 0.475 bits per heavy atom. The molecule has 0 spiro atoms. The second-order valence-electron chi connectivity index (χ2n) is 13.8. The number of hydrogen-bond acceptors (Lipinski definition) is 0. The van der Waals surface area contributed by atoms with Crippen molar-refractivity contribution < 1.29 is 0 Å². The molecule has 0 fully saturated rings. The van der Waals surface area contributed by atoms with Crippen LogP contribution in [0, 0.1) is 12.8 Å². The molecule has 0 aromatic rings. The van der Waals surface area contributed by atoms with Crippen molar-refractivity contribution in [2.24, 2.45) is 5.92 Å². The Morgan fingerprint density at radius 1 is 0.300 bits per heavy atom. The van der Waals surface area contributed by atoms with E-state index in [-0.39, 0.29) is 0 Å². The summed E-state index contributed by atoms with van der Waals surface area (Å²) in [6.07, 6.45) is 52.7. The molecule has 0 heteroatoms. The van der Waals surface area contributed by atoms with Crippen LogP contribution in [0.4, 0.5) is 0 Å². The first-order valence-corrected chi connectivity index (χ1v) is 19.6. The molecular weight excluding hydrogens is 480 g/mol. The molecule has 0 bridgehead atoms. The topological polar surface area (TPSA) is 0 Å². The minimum Gasteiger partial charge on any atom is -0.0651 e. The molecule has 0 aliphatic carbocycles. The molecule has 0 aromatic carbocycles. The number of rotatable bonds is 36. The van der Waals surface area contributed by atoms with Gasteiger partial charge in [0.05, 0.1) is 0 Å². The SMILES string of the molecule is [CH2]CCCCCCCCCCCCCCCCCCCCCCCCCCCCCCCCCCCC(C)CC. The van der Waals surface area contributed by atoms with Crippen molar-refractivity contribution in [3.63, 3.8) is 0 Å². The van der Waals surface area contributed by atoms with Crippen LogP contribution in [0.1, 0.15) is 245 Å². The summed E-state index contributed by atoms with van der Waals surface area (Å²) < 4.78 is 0. The average Bonchev–Trinajstić information content (AvgIpc) is 2.97. The van der Waals surface area contributed by atoms with Crippen LogP contribution in [0.5, 0.6) is 0 Å². The Morgan fingerprint density at radius 3 is 0.650 bits per heavy atom. The van der Waals surface area contributed by atoms with Gasteiger partial charge in [0.25, 0.3) is 0 Å². The average molecular weight is 562 g/mol. The van der Waals surface area contributed by atoms with E-state index in [1.54, 1.807) is 0 Å². The molecule has 1 radical (unpaired) electrons. The molecule has 0 heterocycles. The molecule has 0 aromatic heterocycles. The van der Waals surface area contributed by atoms with E-state index in [1.807, 2.05) is 0 Å². The van der Waals surface area contributed by atoms with Gasteiger partial charge in [-0.1, -0.05) is 252 Å². The quantitative estimate of drug-likeness (QED) is 0.0667. The van der Waals surface area contributed by atoms with Gasteiger partial charge in [-0.3, -0.25) is 0 Å². The van der Waals surface area contributed by atoms with Gasteiger partial charge in [-0.15, -0.1) is 0 Å². The minimum absolute atomic E-state index is 0.947. The molecule has 0 aliphatic heterocycles. The van der Waals surface area contributed by atoms with Crippen LogP contribution in [0.25, 0.3) is 0 Å². The van der Waals surface area contributed by atoms with Crippen LogP contribution in [0.2, 0.25) is 0 Å². The molecule has 0 N–H and O–H groups in total. The molecule has 0 aliphatic rings. The normalized spacial score (nSPS) is 12.4. The van der Waals surface area contributed by atoms with E-state index in [1.165, 1.54) is 225 Å². The predicted octanol–water partition coefficient (Wildman–Crippen LogP) is 15.5. The molecule has 0 saturated carbocycles. The van der Waals surface area contributed by atoms with Crippen LogP contribution in [0.3, 0.4) is 0 Å². The fraction of sp³-hybridized carbons (Fsp3) is 0.975.